The van der Waals surface area contributed by atoms with Gasteiger partial charge >= 0.3 is 0 Å². The van der Waals surface area contributed by atoms with Crippen LogP contribution in [0, 0.1) is 11.8 Å². The molecule has 23 heavy (non-hydrogen) atoms. The minimum atomic E-state index is -0.226. The molecule has 2 N–H and O–H groups in total. The third-order valence-electron chi connectivity index (χ3n) is 5.77. The Labute approximate surface area is 139 Å². The molecule has 2 heterocycles. The van der Waals surface area contributed by atoms with E-state index in [0.29, 0.717) is 12.0 Å². The van der Waals surface area contributed by atoms with Crippen molar-refractivity contribution in [3.63, 3.8) is 0 Å². The molecule has 2 saturated heterocycles. The van der Waals surface area contributed by atoms with Crippen molar-refractivity contribution in [1.82, 2.24) is 9.80 Å². The topological polar surface area (TPSA) is 49.6 Å². The number of carbonyl (C=O) groups is 1. The molecule has 2 aliphatic rings. The Balaban J connectivity index is 1.64. The van der Waals surface area contributed by atoms with Gasteiger partial charge in [-0.15, -0.1) is 0 Å². The highest BCUT2D eigenvalue weighted by Crippen LogP contribution is 2.31. The first-order valence-electron chi connectivity index (χ1n) is 8.87. The second-order valence-electron chi connectivity index (χ2n) is 7.25. The minimum absolute atomic E-state index is 0.171. The molecule has 2 aliphatic heterocycles. The smallest absolute Gasteiger partial charge is 0.227 e. The number of benzene rings is 1. The van der Waals surface area contributed by atoms with E-state index in [4.69, 9.17) is 5.73 Å². The lowest BCUT2D eigenvalue weighted by molar-refractivity contribution is -0.139. The van der Waals surface area contributed by atoms with E-state index in [1.54, 1.807) is 0 Å². The third kappa shape index (κ3) is 3.43. The monoisotopic (exact) mass is 315 g/mol. The van der Waals surface area contributed by atoms with Gasteiger partial charge in [-0.25, -0.2) is 0 Å². The molecule has 0 bridgehead atoms. The van der Waals surface area contributed by atoms with Crippen LogP contribution in [0.15, 0.2) is 30.3 Å². The summed E-state index contributed by atoms with van der Waals surface area (Å²) >= 11 is 0. The number of fused-ring (bicyclic) bond motifs is 1. The number of nitrogens with two attached hydrogens (primary N) is 1. The van der Waals surface area contributed by atoms with Gasteiger partial charge in [0.05, 0.1) is 5.92 Å². The van der Waals surface area contributed by atoms with Crippen LogP contribution in [0.5, 0.6) is 0 Å². The van der Waals surface area contributed by atoms with E-state index in [-0.39, 0.29) is 17.9 Å². The van der Waals surface area contributed by atoms with E-state index >= 15 is 0 Å². The van der Waals surface area contributed by atoms with Crippen LogP contribution < -0.4 is 5.73 Å². The minimum Gasteiger partial charge on any atom is -0.342 e. The molecule has 4 heteroatoms. The predicted molar refractivity (Wildman–Crippen MR) is 92.9 cm³/mol. The molecule has 4 atom stereocenters. The summed E-state index contributed by atoms with van der Waals surface area (Å²) in [5.74, 6) is 0.676. The van der Waals surface area contributed by atoms with Crippen molar-refractivity contribution in [2.75, 3.05) is 26.7 Å². The molecular formula is C19H29N3O. The summed E-state index contributed by atoms with van der Waals surface area (Å²) in [4.78, 5) is 17.4. The summed E-state index contributed by atoms with van der Waals surface area (Å²) in [5, 5.41) is 0. The SMILES string of the molecule is CC(C(=O)N1CCC2C(CCCN2C)C1)C(N)c1ccccc1. The van der Waals surface area contributed by atoms with Gasteiger partial charge in [0.15, 0.2) is 0 Å². The second-order valence-corrected chi connectivity index (χ2v) is 7.25. The molecule has 4 nitrogen and oxygen atoms in total. The van der Waals surface area contributed by atoms with E-state index in [1.807, 2.05) is 37.3 Å². The Bertz CT molecular complexity index is 533. The quantitative estimate of drug-likeness (QED) is 0.931. The van der Waals surface area contributed by atoms with E-state index in [9.17, 15) is 4.79 Å². The highest BCUT2D eigenvalue weighted by molar-refractivity contribution is 5.79. The molecule has 4 unspecified atom stereocenters. The van der Waals surface area contributed by atoms with Crippen molar-refractivity contribution in [3.8, 4) is 0 Å². The van der Waals surface area contributed by atoms with Gasteiger partial charge in [-0.2, -0.15) is 0 Å². The largest absolute Gasteiger partial charge is 0.342 e. The van der Waals surface area contributed by atoms with Crippen LogP contribution in [0.3, 0.4) is 0 Å². The second kappa shape index (κ2) is 7.02. The molecule has 1 aromatic rings. The zero-order valence-electron chi connectivity index (χ0n) is 14.3. The molecule has 0 radical (unpaired) electrons. The summed E-state index contributed by atoms with van der Waals surface area (Å²) < 4.78 is 0. The Morgan fingerprint density at radius 3 is 2.70 bits per heavy atom. The van der Waals surface area contributed by atoms with Crippen LogP contribution in [-0.2, 0) is 4.79 Å². The van der Waals surface area contributed by atoms with Gasteiger partial charge in [0.2, 0.25) is 5.91 Å². The number of nitrogens with zero attached hydrogens (tertiary/aromatic N) is 2. The van der Waals surface area contributed by atoms with Crippen LogP contribution in [-0.4, -0.2) is 48.4 Å². The molecule has 126 valence electrons. The zero-order chi connectivity index (χ0) is 16.4. The number of carbonyl (C=O) groups excluding carboxylic acids is 1. The first kappa shape index (κ1) is 16.5. The van der Waals surface area contributed by atoms with E-state index in [0.717, 1.165) is 25.1 Å². The Morgan fingerprint density at radius 1 is 1.22 bits per heavy atom. The van der Waals surface area contributed by atoms with Crippen LogP contribution in [0.4, 0.5) is 0 Å². The van der Waals surface area contributed by atoms with Crippen molar-refractivity contribution >= 4 is 5.91 Å². The lowest BCUT2D eigenvalue weighted by Gasteiger charge is -2.46. The van der Waals surface area contributed by atoms with Crippen molar-refractivity contribution < 1.29 is 4.79 Å². The lowest BCUT2D eigenvalue weighted by Crippen LogP contribution is -2.55. The number of hydrogen-bond donors (Lipinski definition) is 1. The van der Waals surface area contributed by atoms with Crippen molar-refractivity contribution in [2.45, 2.75) is 38.3 Å². The van der Waals surface area contributed by atoms with Gasteiger partial charge in [0.1, 0.15) is 0 Å². The molecular weight excluding hydrogens is 286 g/mol. The fraction of sp³-hybridized carbons (Fsp3) is 0.632. The summed E-state index contributed by atoms with van der Waals surface area (Å²) in [5.41, 5.74) is 7.39. The van der Waals surface area contributed by atoms with Crippen molar-refractivity contribution in [1.29, 1.82) is 0 Å². The fourth-order valence-electron chi connectivity index (χ4n) is 4.26. The third-order valence-corrected chi connectivity index (χ3v) is 5.77. The average Bonchev–Trinajstić information content (AvgIpc) is 2.60. The van der Waals surface area contributed by atoms with Gasteiger partial charge in [-0.1, -0.05) is 37.3 Å². The van der Waals surface area contributed by atoms with Crippen molar-refractivity contribution in [3.05, 3.63) is 35.9 Å². The summed E-state index contributed by atoms with van der Waals surface area (Å²) in [6, 6.07) is 10.4. The van der Waals surface area contributed by atoms with Crippen LogP contribution in [0.1, 0.15) is 37.8 Å². The first-order chi connectivity index (χ1) is 11.1. The highest BCUT2D eigenvalue weighted by Gasteiger charge is 2.37. The highest BCUT2D eigenvalue weighted by atomic mass is 16.2. The predicted octanol–water partition coefficient (Wildman–Crippen LogP) is 2.27. The molecule has 0 spiro atoms. The molecule has 0 saturated carbocycles. The number of hydrogen-bond acceptors (Lipinski definition) is 3. The fourth-order valence-corrected chi connectivity index (χ4v) is 4.26. The average molecular weight is 315 g/mol. The molecule has 3 rings (SSSR count). The van der Waals surface area contributed by atoms with E-state index < -0.39 is 0 Å². The van der Waals surface area contributed by atoms with E-state index in [1.165, 1.54) is 19.4 Å². The molecule has 2 fully saturated rings. The van der Waals surface area contributed by atoms with Gasteiger partial charge in [-0.3, -0.25) is 4.79 Å². The Morgan fingerprint density at radius 2 is 1.96 bits per heavy atom. The first-order valence-corrected chi connectivity index (χ1v) is 8.87. The van der Waals surface area contributed by atoms with Gasteiger partial charge in [0, 0.05) is 25.2 Å². The molecule has 0 aliphatic carbocycles. The Kier molecular flexibility index (Phi) is 5.02. The normalized spacial score (nSPS) is 28.0. The summed E-state index contributed by atoms with van der Waals surface area (Å²) in [6.45, 7) is 4.94. The standard InChI is InChI=1S/C19H29N3O/c1-14(18(20)15-7-4-3-5-8-15)19(23)22-12-10-17-16(13-22)9-6-11-21(17)2/h3-5,7-8,14,16-18H,6,9-13,20H2,1-2H3. The van der Waals surface area contributed by atoms with Crippen LogP contribution in [0.25, 0.3) is 0 Å². The van der Waals surface area contributed by atoms with Crippen molar-refractivity contribution in [2.24, 2.45) is 17.6 Å². The number of amides is 1. The number of likely N-dealkylation sites (tertiary alicyclic amines) is 2. The van der Waals surface area contributed by atoms with Crippen LogP contribution >= 0.6 is 0 Å². The lowest BCUT2D eigenvalue weighted by atomic mass is 9.83. The van der Waals surface area contributed by atoms with Gasteiger partial charge < -0.3 is 15.5 Å². The summed E-state index contributed by atoms with van der Waals surface area (Å²) in [6.07, 6.45) is 3.59. The number of piperidine rings is 2. The maximum atomic E-state index is 12.9. The molecule has 1 aromatic carbocycles. The summed E-state index contributed by atoms with van der Waals surface area (Å²) in [7, 11) is 2.22. The van der Waals surface area contributed by atoms with Gasteiger partial charge in [0.25, 0.3) is 0 Å². The van der Waals surface area contributed by atoms with Gasteiger partial charge in [-0.05, 0) is 44.3 Å². The molecule has 0 aromatic heterocycles. The zero-order valence-corrected chi connectivity index (χ0v) is 14.3. The Hall–Kier alpha value is -1.39. The molecule has 1 amide bonds. The van der Waals surface area contributed by atoms with E-state index in [2.05, 4.69) is 16.8 Å². The van der Waals surface area contributed by atoms with Crippen LogP contribution in [0.2, 0.25) is 0 Å². The maximum absolute atomic E-state index is 12.9. The number of rotatable bonds is 3. The maximum Gasteiger partial charge on any atom is 0.227 e.